The van der Waals surface area contributed by atoms with Gasteiger partial charge in [0.1, 0.15) is 0 Å². The Morgan fingerprint density at radius 2 is 2.06 bits per heavy atom. The summed E-state index contributed by atoms with van der Waals surface area (Å²) >= 11 is 0. The van der Waals surface area contributed by atoms with Crippen molar-refractivity contribution in [3.8, 4) is 0 Å². The van der Waals surface area contributed by atoms with Gasteiger partial charge >= 0.3 is 0 Å². The molecule has 4 nitrogen and oxygen atoms in total. The van der Waals surface area contributed by atoms with E-state index in [4.69, 9.17) is 10.5 Å². The summed E-state index contributed by atoms with van der Waals surface area (Å²) < 4.78 is 5.36. The Morgan fingerprint density at radius 1 is 1.38 bits per heavy atom. The molecule has 0 spiro atoms. The molecule has 3 N–H and O–H groups in total. The first-order valence-electron chi connectivity index (χ1n) is 5.71. The van der Waals surface area contributed by atoms with Crippen molar-refractivity contribution in [1.82, 2.24) is 5.32 Å². The molecule has 0 aliphatic carbocycles. The topological polar surface area (TPSA) is 64.3 Å². The van der Waals surface area contributed by atoms with Crippen molar-refractivity contribution in [3.05, 3.63) is 0 Å². The molecule has 0 aromatic carbocycles. The highest BCUT2D eigenvalue weighted by atomic mass is 35.5. The molecular formula is C11H25ClN2O2. The van der Waals surface area contributed by atoms with Gasteiger partial charge in [0.2, 0.25) is 5.91 Å². The number of hydrogen-bond acceptors (Lipinski definition) is 3. The number of hydrogen-bond donors (Lipinski definition) is 2. The maximum absolute atomic E-state index is 11.1. The zero-order valence-corrected chi connectivity index (χ0v) is 11.1. The fourth-order valence-corrected chi connectivity index (χ4v) is 1.03. The third-order valence-corrected chi connectivity index (χ3v) is 2.02. The first-order chi connectivity index (χ1) is 7.16. The summed E-state index contributed by atoms with van der Waals surface area (Å²) in [5.74, 6) is 0.733. The molecule has 0 heterocycles. The molecule has 98 valence electrons. The van der Waals surface area contributed by atoms with E-state index in [1.807, 2.05) is 0 Å². The lowest BCUT2D eigenvalue weighted by atomic mass is 10.1. The van der Waals surface area contributed by atoms with E-state index in [-0.39, 0.29) is 18.3 Å². The molecule has 5 heteroatoms. The van der Waals surface area contributed by atoms with Crippen molar-refractivity contribution >= 4 is 18.3 Å². The van der Waals surface area contributed by atoms with Crippen LogP contribution in [0, 0.1) is 5.92 Å². The smallest absolute Gasteiger partial charge is 0.220 e. The summed E-state index contributed by atoms with van der Waals surface area (Å²) in [6, 6.07) is 0. The largest absolute Gasteiger partial charge is 0.380 e. The maximum Gasteiger partial charge on any atom is 0.220 e. The maximum atomic E-state index is 11.1. The van der Waals surface area contributed by atoms with Crippen LogP contribution in [-0.4, -0.2) is 32.2 Å². The van der Waals surface area contributed by atoms with Crippen molar-refractivity contribution in [2.45, 2.75) is 33.1 Å². The third-order valence-electron chi connectivity index (χ3n) is 2.02. The third kappa shape index (κ3) is 13.7. The molecule has 0 aliphatic rings. The molecule has 0 bridgehead atoms. The Balaban J connectivity index is 0. The van der Waals surface area contributed by atoms with E-state index in [1.165, 1.54) is 0 Å². The van der Waals surface area contributed by atoms with E-state index in [2.05, 4.69) is 19.2 Å². The summed E-state index contributed by atoms with van der Waals surface area (Å²) in [5, 5.41) is 2.79. The van der Waals surface area contributed by atoms with Crippen molar-refractivity contribution in [1.29, 1.82) is 0 Å². The minimum absolute atomic E-state index is 0. The fraction of sp³-hybridized carbons (Fsp3) is 0.909. The summed E-state index contributed by atoms with van der Waals surface area (Å²) in [6.07, 6.45) is 2.34. The Bertz CT molecular complexity index is 166. The van der Waals surface area contributed by atoms with Crippen molar-refractivity contribution in [2.24, 2.45) is 11.7 Å². The van der Waals surface area contributed by atoms with Crippen LogP contribution in [0.15, 0.2) is 0 Å². The van der Waals surface area contributed by atoms with Crippen LogP contribution in [-0.2, 0) is 9.53 Å². The number of ether oxygens (including phenoxy) is 1. The second-order valence-corrected chi connectivity index (χ2v) is 4.04. The van der Waals surface area contributed by atoms with Crippen LogP contribution in [0.4, 0.5) is 0 Å². The molecule has 0 rings (SSSR count). The van der Waals surface area contributed by atoms with E-state index in [1.54, 1.807) is 0 Å². The quantitative estimate of drug-likeness (QED) is 0.609. The number of halogens is 1. The zero-order chi connectivity index (χ0) is 11.5. The molecular weight excluding hydrogens is 228 g/mol. The van der Waals surface area contributed by atoms with Gasteiger partial charge in [-0.1, -0.05) is 13.8 Å². The summed E-state index contributed by atoms with van der Waals surface area (Å²) in [7, 11) is 0. The van der Waals surface area contributed by atoms with Crippen LogP contribution >= 0.6 is 12.4 Å². The van der Waals surface area contributed by atoms with E-state index in [9.17, 15) is 4.79 Å². The van der Waals surface area contributed by atoms with Crippen molar-refractivity contribution in [3.63, 3.8) is 0 Å². The normalized spacial score (nSPS) is 10.0. The fourth-order valence-electron chi connectivity index (χ4n) is 1.03. The van der Waals surface area contributed by atoms with Crippen LogP contribution in [0.2, 0.25) is 0 Å². The molecule has 0 saturated carbocycles. The lowest BCUT2D eigenvalue weighted by Gasteiger charge is -2.07. The average Bonchev–Trinajstić information content (AvgIpc) is 2.19. The van der Waals surface area contributed by atoms with E-state index < -0.39 is 0 Å². The highest BCUT2D eigenvalue weighted by Gasteiger charge is 1.99. The second kappa shape index (κ2) is 12.7. The average molecular weight is 253 g/mol. The molecule has 0 aromatic heterocycles. The lowest BCUT2D eigenvalue weighted by Crippen LogP contribution is -2.27. The van der Waals surface area contributed by atoms with Gasteiger partial charge in [-0.05, 0) is 25.3 Å². The van der Waals surface area contributed by atoms with Crippen LogP contribution in [0.5, 0.6) is 0 Å². The highest BCUT2D eigenvalue weighted by molar-refractivity contribution is 5.85. The van der Waals surface area contributed by atoms with Gasteiger partial charge in [0.25, 0.3) is 0 Å². The van der Waals surface area contributed by atoms with Gasteiger partial charge in [-0.3, -0.25) is 4.79 Å². The standard InChI is InChI=1S/C11H24N2O2.ClH/c1-10(2)5-8-15-9-7-13-11(14)4-3-6-12;/h10H,3-9,12H2,1-2H3,(H,13,14);1H. The number of rotatable bonds is 9. The molecule has 0 unspecified atom stereocenters. The van der Waals surface area contributed by atoms with E-state index >= 15 is 0 Å². The monoisotopic (exact) mass is 252 g/mol. The van der Waals surface area contributed by atoms with Crippen LogP contribution in [0.1, 0.15) is 33.1 Å². The number of nitrogens with two attached hydrogens (primary N) is 1. The minimum atomic E-state index is 0. The highest BCUT2D eigenvalue weighted by Crippen LogP contribution is 1.98. The Hall–Kier alpha value is -0.320. The molecule has 0 radical (unpaired) electrons. The van der Waals surface area contributed by atoms with Crippen LogP contribution in [0.3, 0.4) is 0 Å². The minimum Gasteiger partial charge on any atom is -0.380 e. The van der Waals surface area contributed by atoms with Gasteiger partial charge in [0.15, 0.2) is 0 Å². The molecule has 0 atom stereocenters. The van der Waals surface area contributed by atoms with Gasteiger partial charge in [-0.2, -0.15) is 0 Å². The summed E-state index contributed by atoms with van der Waals surface area (Å²) in [4.78, 5) is 11.1. The summed E-state index contributed by atoms with van der Waals surface area (Å²) in [6.45, 7) is 6.87. The second-order valence-electron chi connectivity index (χ2n) is 4.04. The SMILES string of the molecule is CC(C)CCOCCNC(=O)CCCN.Cl. The Morgan fingerprint density at radius 3 is 2.62 bits per heavy atom. The zero-order valence-electron chi connectivity index (χ0n) is 10.3. The van der Waals surface area contributed by atoms with Crippen LogP contribution in [0.25, 0.3) is 0 Å². The number of amides is 1. The number of carbonyl (C=O) groups excluding carboxylic acids is 1. The van der Waals surface area contributed by atoms with Gasteiger partial charge in [0.05, 0.1) is 6.61 Å². The van der Waals surface area contributed by atoms with E-state index in [0.29, 0.717) is 32.0 Å². The molecule has 0 aliphatic heterocycles. The number of nitrogens with one attached hydrogen (secondary N) is 1. The Labute approximate surface area is 105 Å². The molecule has 16 heavy (non-hydrogen) atoms. The lowest BCUT2D eigenvalue weighted by molar-refractivity contribution is -0.121. The van der Waals surface area contributed by atoms with Gasteiger partial charge in [0, 0.05) is 19.6 Å². The Kier molecular flexibility index (Phi) is 14.4. The predicted octanol–water partition coefficient (Wildman–Crippen LogP) is 1.33. The van der Waals surface area contributed by atoms with E-state index in [0.717, 1.165) is 19.4 Å². The number of carbonyl (C=O) groups is 1. The van der Waals surface area contributed by atoms with Crippen molar-refractivity contribution < 1.29 is 9.53 Å². The van der Waals surface area contributed by atoms with Crippen LogP contribution < -0.4 is 11.1 Å². The first-order valence-corrected chi connectivity index (χ1v) is 5.71. The first kappa shape index (κ1) is 18.1. The molecule has 0 aromatic rings. The van der Waals surface area contributed by atoms with Gasteiger partial charge in [-0.15, -0.1) is 12.4 Å². The molecule has 0 saturated heterocycles. The van der Waals surface area contributed by atoms with Crippen molar-refractivity contribution in [2.75, 3.05) is 26.3 Å². The van der Waals surface area contributed by atoms with Gasteiger partial charge in [-0.25, -0.2) is 0 Å². The van der Waals surface area contributed by atoms with Gasteiger partial charge < -0.3 is 15.8 Å². The predicted molar refractivity (Wildman–Crippen MR) is 68.8 cm³/mol. The molecule has 1 amide bonds. The summed E-state index contributed by atoms with van der Waals surface area (Å²) in [5.41, 5.74) is 5.29. The molecule has 0 fully saturated rings.